The molecule has 2 aromatic rings. The van der Waals surface area contributed by atoms with Crippen LogP contribution in [0.3, 0.4) is 0 Å². The molecule has 0 saturated carbocycles. The van der Waals surface area contributed by atoms with Crippen molar-refractivity contribution in [1.82, 2.24) is 25.1 Å². The number of anilines is 2. The second kappa shape index (κ2) is 10.2. The molecule has 29 heavy (non-hydrogen) atoms. The van der Waals surface area contributed by atoms with Crippen molar-refractivity contribution in [3.8, 4) is 0 Å². The van der Waals surface area contributed by atoms with E-state index in [1.54, 1.807) is 12.4 Å². The van der Waals surface area contributed by atoms with E-state index in [0.717, 1.165) is 70.2 Å². The molecule has 2 aliphatic rings. The average molecular weight is 422 g/mol. The number of halogens is 1. The quantitative estimate of drug-likeness (QED) is 0.738. The molecule has 2 N–H and O–H groups in total. The first kappa shape index (κ1) is 21.8. The number of nitrogens with one attached hydrogen (secondary N) is 1. The molecule has 1 unspecified atom stereocenters. The van der Waals surface area contributed by atoms with Crippen LogP contribution in [0, 0.1) is 5.92 Å². The van der Waals surface area contributed by atoms with Gasteiger partial charge in [0.05, 0.1) is 6.20 Å². The van der Waals surface area contributed by atoms with Crippen molar-refractivity contribution < 1.29 is 5.11 Å². The SMILES string of the molecule is CCC(c1cn[nH]c1)N1CCN(c2nccnc2N2CCC(CO)CC2)CC1.Cl. The number of H-pyrrole nitrogens is 1. The van der Waals surface area contributed by atoms with Gasteiger partial charge in [-0.3, -0.25) is 10.00 Å². The van der Waals surface area contributed by atoms with E-state index < -0.39 is 0 Å². The molecule has 0 bridgehead atoms. The topological polar surface area (TPSA) is 84.4 Å². The molecule has 0 aromatic carbocycles. The van der Waals surface area contributed by atoms with Crippen LogP contribution in [0.1, 0.15) is 37.8 Å². The number of hydrogen-bond donors (Lipinski definition) is 2. The third-order valence-electron chi connectivity index (χ3n) is 6.18. The van der Waals surface area contributed by atoms with Gasteiger partial charge in [0.2, 0.25) is 0 Å². The maximum Gasteiger partial charge on any atom is 0.172 e. The van der Waals surface area contributed by atoms with Crippen LogP contribution >= 0.6 is 12.4 Å². The van der Waals surface area contributed by atoms with Crippen LogP contribution in [-0.4, -0.2) is 76.0 Å². The molecular weight excluding hydrogens is 390 g/mol. The molecule has 9 heteroatoms. The zero-order valence-electron chi connectivity index (χ0n) is 17.1. The van der Waals surface area contributed by atoms with Crippen molar-refractivity contribution in [2.24, 2.45) is 5.92 Å². The van der Waals surface area contributed by atoms with Gasteiger partial charge in [-0.1, -0.05) is 6.92 Å². The fourth-order valence-corrected chi connectivity index (χ4v) is 4.49. The average Bonchev–Trinajstić information content (AvgIpc) is 3.29. The number of piperidine rings is 1. The molecule has 160 valence electrons. The van der Waals surface area contributed by atoms with E-state index >= 15 is 0 Å². The lowest BCUT2D eigenvalue weighted by atomic mass is 9.98. The van der Waals surface area contributed by atoms with Gasteiger partial charge in [0, 0.05) is 76.1 Å². The number of aliphatic hydroxyl groups is 1. The van der Waals surface area contributed by atoms with E-state index in [9.17, 15) is 5.11 Å². The highest BCUT2D eigenvalue weighted by Crippen LogP contribution is 2.31. The summed E-state index contributed by atoms with van der Waals surface area (Å²) in [5.41, 5.74) is 1.27. The smallest absolute Gasteiger partial charge is 0.172 e. The fraction of sp³-hybridized carbons (Fsp3) is 0.650. The van der Waals surface area contributed by atoms with Crippen LogP contribution in [0.4, 0.5) is 11.6 Å². The summed E-state index contributed by atoms with van der Waals surface area (Å²) in [6, 6.07) is 0.416. The van der Waals surface area contributed by atoms with Crippen LogP contribution in [-0.2, 0) is 0 Å². The first-order chi connectivity index (χ1) is 13.8. The molecule has 0 radical (unpaired) electrons. The van der Waals surface area contributed by atoms with Crippen molar-refractivity contribution in [3.63, 3.8) is 0 Å². The Morgan fingerprint density at radius 1 is 1.03 bits per heavy atom. The van der Waals surface area contributed by atoms with Gasteiger partial charge < -0.3 is 14.9 Å². The molecule has 1 atom stereocenters. The number of nitrogens with zero attached hydrogens (tertiary/aromatic N) is 6. The highest BCUT2D eigenvalue weighted by atomic mass is 35.5. The Hall–Kier alpha value is -1.90. The minimum atomic E-state index is 0. The molecule has 0 spiro atoms. The summed E-state index contributed by atoms with van der Waals surface area (Å²) in [4.78, 5) is 16.6. The van der Waals surface area contributed by atoms with Gasteiger partial charge in [-0.25, -0.2) is 9.97 Å². The van der Waals surface area contributed by atoms with Crippen molar-refractivity contribution in [1.29, 1.82) is 0 Å². The number of aromatic amines is 1. The van der Waals surface area contributed by atoms with Gasteiger partial charge in [0.25, 0.3) is 0 Å². The maximum atomic E-state index is 9.40. The second-order valence-electron chi connectivity index (χ2n) is 7.80. The Bertz CT molecular complexity index is 728. The number of piperazine rings is 1. The zero-order valence-corrected chi connectivity index (χ0v) is 17.9. The first-order valence-corrected chi connectivity index (χ1v) is 10.4. The predicted octanol–water partition coefficient (Wildman–Crippen LogP) is 2.10. The lowest BCUT2D eigenvalue weighted by Crippen LogP contribution is -2.48. The third-order valence-corrected chi connectivity index (χ3v) is 6.18. The van der Waals surface area contributed by atoms with Crippen molar-refractivity contribution in [2.75, 3.05) is 55.7 Å². The number of hydrogen-bond acceptors (Lipinski definition) is 7. The normalized spacial score (nSPS) is 19.8. The predicted molar refractivity (Wildman–Crippen MR) is 117 cm³/mol. The summed E-state index contributed by atoms with van der Waals surface area (Å²) in [7, 11) is 0. The summed E-state index contributed by atoms with van der Waals surface area (Å²) in [6.07, 6.45) is 10.7. The van der Waals surface area contributed by atoms with Crippen LogP contribution in [0.15, 0.2) is 24.8 Å². The molecule has 2 aromatic heterocycles. The van der Waals surface area contributed by atoms with Gasteiger partial charge in [0.15, 0.2) is 11.6 Å². The van der Waals surface area contributed by atoms with Gasteiger partial charge in [0.1, 0.15) is 0 Å². The summed E-state index contributed by atoms with van der Waals surface area (Å²) in [5.74, 6) is 2.42. The summed E-state index contributed by atoms with van der Waals surface area (Å²) >= 11 is 0. The van der Waals surface area contributed by atoms with Crippen LogP contribution in [0.2, 0.25) is 0 Å². The number of aromatic nitrogens is 4. The minimum Gasteiger partial charge on any atom is -0.396 e. The minimum absolute atomic E-state index is 0. The van der Waals surface area contributed by atoms with E-state index in [2.05, 4.69) is 36.8 Å². The maximum absolute atomic E-state index is 9.40. The van der Waals surface area contributed by atoms with Gasteiger partial charge >= 0.3 is 0 Å². The lowest BCUT2D eigenvalue weighted by molar-refractivity contribution is 0.181. The molecule has 2 fully saturated rings. The highest BCUT2D eigenvalue weighted by Gasteiger charge is 2.28. The van der Waals surface area contributed by atoms with Gasteiger partial charge in [-0.2, -0.15) is 5.10 Å². The van der Waals surface area contributed by atoms with E-state index in [1.165, 1.54) is 5.56 Å². The van der Waals surface area contributed by atoms with E-state index in [4.69, 9.17) is 4.98 Å². The Morgan fingerprint density at radius 2 is 1.66 bits per heavy atom. The van der Waals surface area contributed by atoms with Crippen LogP contribution < -0.4 is 9.80 Å². The standard InChI is InChI=1S/C20H31N7O.ClH/c1-2-18(17-13-23-24-14-17)25-9-11-27(12-10-25)20-19(21-5-6-22-20)26-7-3-16(15-28)4-8-26;/h5-6,13-14,16,18,28H,2-4,7-12,15H2,1H3,(H,23,24);1H. The Labute approximate surface area is 178 Å². The molecule has 0 amide bonds. The summed E-state index contributed by atoms with van der Waals surface area (Å²) in [6.45, 7) is 8.32. The summed E-state index contributed by atoms with van der Waals surface area (Å²) < 4.78 is 0. The largest absolute Gasteiger partial charge is 0.396 e. The molecule has 8 nitrogen and oxygen atoms in total. The van der Waals surface area contributed by atoms with Crippen molar-refractivity contribution >= 4 is 24.0 Å². The van der Waals surface area contributed by atoms with Gasteiger partial charge in [-0.15, -0.1) is 12.4 Å². The lowest BCUT2D eigenvalue weighted by Gasteiger charge is -2.40. The summed E-state index contributed by atoms with van der Waals surface area (Å²) in [5, 5.41) is 16.5. The van der Waals surface area contributed by atoms with Crippen molar-refractivity contribution in [2.45, 2.75) is 32.2 Å². The molecule has 4 heterocycles. The Kier molecular flexibility index (Phi) is 7.69. The first-order valence-electron chi connectivity index (χ1n) is 10.4. The monoisotopic (exact) mass is 421 g/mol. The van der Waals surface area contributed by atoms with Crippen LogP contribution in [0.5, 0.6) is 0 Å². The molecular formula is C20H32ClN7O. The molecule has 2 saturated heterocycles. The third kappa shape index (κ3) is 4.82. The van der Waals surface area contributed by atoms with E-state index in [-0.39, 0.29) is 12.4 Å². The van der Waals surface area contributed by atoms with E-state index in [0.29, 0.717) is 18.6 Å². The van der Waals surface area contributed by atoms with Crippen molar-refractivity contribution in [3.05, 3.63) is 30.4 Å². The van der Waals surface area contributed by atoms with E-state index in [1.807, 2.05) is 12.4 Å². The zero-order chi connectivity index (χ0) is 19.3. The molecule has 4 rings (SSSR count). The number of rotatable bonds is 6. The number of aliphatic hydroxyl groups excluding tert-OH is 1. The van der Waals surface area contributed by atoms with Gasteiger partial charge in [-0.05, 0) is 25.2 Å². The fourth-order valence-electron chi connectivity index (χ4n) is 4.49. The highest BCUT2D eigenvalue weighted by molar-refractivity contribution is 5.85. The Balaban J connectivity index is 0.00000240. The second-order valence-corrected chi connectivity index (χ2v) is 7.80. The Morgan fingerprint density at radius 3 is 2.17 bits per heavy atom. The molecule has 0 aliphatic carbocycles. The van der Waals surface area contributed by atoms with Crippen LogP contribution in [0.25, 0.3) is 0 Å². The molecule has 2 aliphatic heterocycles.